The highest BCUT2D eigenvalue weighted by Crippen LogP contribution is 2.28. The molecule has 6 nitrogen and oxygen atoms in total. The molecule has 0 bridgehead atoms. The average molecular weight is 354 g/mol. The molecule has 1 aliphatic carbocycles. The van der Waals surface area contributed by atoms with Crippen LogP contribution in [0.1, 0.15) is 49.9 Å². The van der Waals surface area contributed by atoms with E-state index in [4.69, 9.17) is 0 Å². The van der Waals surface area contributed by atoms with Crippen LogP contribution >= 0.6 is 0 Å². The lowest BCUT2D eigenvalue weighted by atomic mass is 10.0. The van der Waals surface area contributed by atoms with E-state index in [9.17, 15) is 18.3 Å². The second kappa shape index (κ2) is 7.63. The first-order valence-corrected chi connectivity index (χ1v) is 9.87. The van der Waals surface area contributed by atoms with Gasteiger partial charge in [0.25, 0.3) is 5.91 Å². The Bertz CT molecular complexity index is 660. The van der Waals surface area contributed by atoms with Gasteiger partial charge in [0, 0.05) is 25.2 Å². The van der Waals surface area contributed by atoms with Gasteiger partial charge in [0.2, 0.25) is 10.0 Å². The topological polar surface area (TPSA) is 86.7 Å². The number of nitrogens with one attached hydrogen (secondary N) is 1. The molecule has 1 aliphatic rings. The first-order chi connectivity index (χ1) is 11.3. The Morgan fingerprint density at radius 2 is 1.71 bits per heavy atom. The van der Waals surface area contributed by atoms with Gasteiger partial charge >= 0.3 is 0 Å². The quantitative estimate of drug-likeness (QED) is 0.781. The van der Waals surface area contributed by atoms with E-state index in [-0.39, 0.29) is 17.3 Å². The summed E-state index contributed by atoms with van der Waals surface area (Å²) in [5.74, 6) is -0.304. The number of nitrogens with zero attached hydrogens (tertiary/aromatic N) is 1. The number of hydrogen-bond donors (Lipinski definition) is 2. The minimum atomic E-state index is -3.52. The van der Waals surface area contributed by atoms with Gasteiger partial charge in [-0.05, 0) is 37.1 Å². The molecule has 134 valence electrons. The van der Waals surface area contributed by atoms with Gasteiger partial charge in [-0.1, -0.05) is 26.7 Å². The van der Waals surface area contributed by atoms with Crippen LogP contribution in [0.5, 0.6) is 0 Å². The largest absolute Gasteiger partial charge is 0.388 e. The standard InChI is InChI=1S/C17H26N2O4S/c1-3-19(4-2)24(22,23)15-9-7-14(8-10-15)16(20)18-13-17(21)11-5-6-12-17/h7-10,21H,3-6,11-13H2,1-2H3,(H,18,20). The number of carbonyl (C=O) groups is 1. The van der Waals surface area contributed by atoms with Crippen molar-refractivity contribution in [3.63, 3.8) is 0 Å². The van der Waals surface area contributed by atoms with Gasteiger partial charge in [0.05, 0.1) is 10.5 Å². The van der Waals surface area contributed by atoms with E-state index in [2.05, 4.69) is 5.32 Å². The van der Waals surface area contributed by atoms with Crippen molar-refractivity contribution in [2.75, 3.05) is 19.6 Å². The number of sulfonamides is 1. The van der Waals surface area contributed by atoms with E-state index in [1.165, 1.54) is 28.6 Å². The number of aliphatic hydroxyl groups is 1. The summed E-state index contributed by atoms with van der Waals surface area (Å²) in [6.07, 6.45) is 3.36. The number of carbonyl (C=O) groups excluding carboxylic acids is 1. The van der Waals surface area contributed by atoms with Gasteiger partial charge in [-0.25, -0.2) is 8.42 Å². The Kier molecular flexibility index (Phi) is 6.01. The van der Waals surface area contributed by atoms with Gasteiger partial charge in [-0.2, -0.15) is 4.31 Å². The Hall–Kier alpha value is -1.44. The van der Waals surface area contributed by atoms with Crippen molar-refractivity contribution in [1.82, 2.24) is 9.62 Å². The van der Waals surface area contributed by atoms with Crippen LogP contribution in [0.15, 0.2) is 29.2 Å². The summed E-state index contributed by atoms with van der Waals surface area (Å²) >= 11 is 0. The van der Waals surface area contributed by atoms with Crippen molar-refractivity contribution in [1.29, 1.82) is 0 Å². The first-order valence-electron chi connectivity index (χ1n) is 8.43. The Balaban J connectivity index is 2.04. The van der Waals surface area contributed by atoms with Gasteiger partial charge in [-0.15, -0.1) is 0 Å². The van der Waals surface area contributed by atoms with Crippen molar-refractivity contribution in [2.45, 2.75) is 50.0 Å². The average Bonchev–Trinajstić information content (AvgIpc) is 3.01. The van der Waals surface area contributed by atoms with Crippen LogP contribution < -0.4 is 5.32 Å². The molecule has 0 atom stereocenters. The van der Waals surface area contributed by atoms with Gasteiger partial charge in [0.1, 0.15) is 0 Å². The lowest BCUT2D eigenvalue weighted by molar-refractivity contribution is 0.0449. The van der Waals surface area contributed by atoms with Crippen LogP contribution in [0.25, 0.3) is 0 Å². The molecule has 0 radical (unpaired) electrons. The maximum absolute atomic E-state index is 12.4. The molecular formula is C17H26N2O4S. The van der Waals surface area contributed by atoms with Crippen LogP contribution in [0.4, 0.5) is 0 Å². The monoisotopic (exact) mass is 354 g/mol. The molecule has 2 rings (SSSR count). The van der Waals surface area contributed by atoms with Gasteiger partial charge in [-0.3, -0.25) is 4.79 Å². The predicted octanol–water partition coefficient (Wildman–Crippen LogP) is 1.75. The zero-order chi connectivity index (χ0) is 17.8. The fourth-order valence-electron chi connectivity index (χ4n) is 3.05. The third-order valence-electron chi connectivity index (χ3n) is 4.57. The predicted molar refractivity (Wildman–Crippen MR) is 92.3 cm³/mol. The molecule has 0 aromatic heterocycles. The van der Waals surface area contributed by atoms with Gasteiger partial charge < -0.3 is 10.4 Å². The van der Waals surface area contributed by atoms with Crippen molar-refractivity contribution in [2.24, 2.45) is 0 Å². The lowest BCUT2D eigenvalue weighted by Gasteiger charge is -2.22. The molecule has 7 heteroatoms. The zero-order valence-electron chi connectivity index (χ0n) is 14.3. The second-order valence-electron chi connectivity index (χ2n) is 6.23. The number of hydrogen-bond acceptors (Lipinski definition) is 4. The summed E-state index contributed by atoms with van der Waals surface area (Å²) in [6.45, 7) is 4.61. The van der Waals surface area contributed by atoms with Crippen LogP contribution in [0.2, 0.25) is 0 Å². The highest BCUT2D eigenvalue weighted by molar-refractivity contribution is 7.89. The van der Waals surface area contributed by atoms with Crippen molar-refractivity contribution in [3.8, 4) is 0 Å². The molecule has 0 spiro atoms. The van der Waals surface area contributed by atoms with Crippen LogP contribution in [0.3, 0.4) is 0 Å². The van der Waals surface area contributed by atoms with E-state index < -0.39 is 15.6 Å². The third kappa shape index (κ3) is 4.15. The molecule has 1 saturated carbocycles. The van der Waals surface area contributed by atoms with Crippen molar-refractivity contribution >= 4 is 15.9 Å². The Morgan fingerprint density at radius 1 is 1.17 bits per heavy atom. The van der Waals surface area contributed by atoms with E-state index in [0.717, 1.165) is 12.8 Å². The first kappa shape index (κ1) is 18.9. The number of amides is 1. The zero-order valence-corrected chi connectivity index (χ0v) is 15.1. The van der Waals surface area contributed by atoms with E-state index in [1.807, 2.05) is 0 Å². The number of benzene rings is 1. The highest BCUT2D eigenvalue weighted by Gasteiger charge is 2.31. The fourth-order valence-corrected chi connectivity index (χ4v) is 4.51. The van der Waals surface area contributed by atoms with Crippen LogP contribution in [-0.4, -0.2) is 49.0 Å². The summed E-state index contributed by atoms with van der Waals surface area (Å²) in [7, 11) is -3.52. The smallest absolute Gasteiger partial charge is 0.251 e. The summed E-state index contributed by atoms with van der Waals surface area (Å²) < 4.78 is 26.2. The summed E-state index contributed by atoms with van der Waals surface area (Å²) in [6, 6.07) is 5.91. The van der Waals surface area contributed by atoms with Crippen molar-refractivity contribution in [3.05, 3.63) is 29.8 Å². The third-order valence-corrected chi connectivity index (χ3v) is 6.64. The van der Waals surface area contributed by atoms with E-state index >= 15 is 0 Å². The lowest BCUT2D eigenvalue weighted by Crippen LogP contribution is -2.40. The molecule has 0 aliphatic heterocycles. The summed E-state index contributed by atoms with van der Waals surface area (Å²) in [4.78, 5) is 12.3. The Morgan fingerprint density at radius 3 is 2.21 bits per heavy atom. The summed E-state index contributed by atoms with van der Waals surface area (Å²) in [5, 5.41) is 13.0. The maximum Gasteiger partial charge on any atom is 0.251 e. The van der Waals surface area contributed by atoms with Crippen molar-refractivity contribution < 1.29 is 18.3 Å². The minimum Gasteiger partial charge on any atom is -0.388 e. The Labute approximate surface area is 143 Å². The van der Waals surface area contributed by atoms with Gasteiger partial charge in [0.15, 0.2) is 0 Å². The molecule has 2 N–H and O–H groups in total. The molecule has 1 fully saturated rings. The molecule has 24 heavy (non-hydrogen) atoms. The van der Waals surface area contributed by atoms with E-state index in [0.29, 0.717) is 31.5 Å². The summed E-state index contributed by atoms with van der Waals surface area (Å²) in [5.41, 5.74) is -0.420. The molecule has 1 aromatic rings. The SMILES string of the molecule is CCN(CC)S(=O)(=O)c1ccc(C(=O)NCC2(O)CCCC2)cc1. The minimum absolute atomic E-state index is 0.178. The highest BCUT2D eigenvalue weighted by atomic mass is 32.2. The molecule has 0 heterocycles. The second-order valence-corrected chi connectivity index (χ2v) is 8.17. The van der Waals surface area contributed by atoms with E-state index in [1.54, 1.807) is 13.8 Å². The molecule has 0 unspecified atom stereocenters. The maximum atomic E-state index is 12.4. The normalized spacial score (nSPS) is 17.2. The molecule has 0 saturated heterocycles. The molecule has 1 amide bonds. The molecule has 1 aromatic carbocycles. The number of rotatable bonds is 7. The molecular weight excluding hydrogens is 328 g/mol. The fraction of sp³-hybridized carbons (Fsp3) is 0.588. The van der Waals surface area contributed by atoms with Crippen LogP contribution in [0, 0.1) is 0 Å². The van der Waals surface area contributed by atoms with Crippen LogP contribution in [-0.2, 0) is 10.0 Å².